The zero-order chi connectivity index (χ0) is 17.0. The van der Waals surface area contributed by atoms with Gasteiger partial charge in [-0.25, -0.2) is 18.1 Å². The first kappa shape index (κ1) is 20.1. The van der Waals surface area contributed by atoms with E-state index in [0.717, 1.165) is 0 Å². The second-order valence-corrected chi connectivity index (χ2v) is 6.58. The summed E-state index contributed by atoms with van der Waals surface area (Å²) in [7, 11) is -3.67. The predicted octanol–water partition coefficient (Wildman–Crippen LogP) is 1.20. The Kier molecular flexibility index (Phi) is 6.91. The van der Waals surface area contributed by atoms with Gasteiger partial charge in [-0.15, -0.1) is 12.4 Å². The van der Waals surface area contributed by atoms with E-state index >= 15 is 0 Å². The minimum atomic E-state index is -3.67. The van der Waals surface area contributed by atoms with Gasteiger partial charge in [0.05, 0.1) is 10.6 Å². The summed E-state index contributed by atoms with van der Waals surface area (Å²) >= 11 is 0. The number of amides is 1. The number of oxazole rings is 1. The van der Waals surface area contributed by atoms with E-state index in [0.29, 0.717) is 17.3 Å². The molecule has 0 bridgehead atoms. The number of anilines is 1. The van der Waals surface area contributed by atoms with Gasteiger partial charge in [-0.1, -0.05) is 6.07 Å². The van der Waals surface area contributed by atoms with Gasteiger partial charge in [-0.2, -0.15) is 0 Å². The van der Waals surface area contributed by atoms with Gasteiger partial charge in [0.2, 0.25) is 15.8 Å². The molecule has 0 fully saturated rings. The first-order valence-corrected chi connectivity index (χ1v) is 8.37. The van der Waals surface area contributed by atoms with Gasteiger partial charge < -0.3 is 15.5 Å². The molecule has 0 unspecified atom stereocenters. The van der Waals surface area contributed by atoms with Crippen molar-refractivity contribution in [2.75, 3.05) is 18.4 Å². The molecule has 1 aromatic carbocycles. The lowest BCUT2D eigenvalue weighted by Crippen LogP contribution is -2.29. The molecule has 0 spiro atoms. The normalized spacial score (nSPS) is 11.0. The van der Waals surface area contributed by atoms with E-state index in [1.807, 2.05) is 0 Å². The van der Waals surface area contributed by atoms with Crippen LogP contribution >= 0.6 is 12.4 Å². The molecule has 2 aromatic rings. The summed E-state index contributed by atoms with van der Waals surface area (Å²) in [5.74, 6) is -0.0143. The van der Waals surface area contributed by atoms with E-state index in [1.54, 1.807) is 19.9 Å². The molecule has 1 aromatic heterocycles. The van der Waals surface area contributed by atoms with Gasteiger partial charge in [0.15, 0.2) is 5.89 Å². The molecule has 0 radical (unpaired) electrons. The van der Waals surface area contributed by atoms with Gasteiger partial charge in [0.1, 0.15) is 0 Å². The average Bonchev–Trinajstić information content (AvgIpc) is 2.84. The molecule has 8 nitrogen and oxygen atoms in total. The van der Waals surface area contributed by atoms with Gasteiger partial charge in [0, 0.05) is 25.7 Å². The maximum atomic E-state index is 12.2. The van der Waals surface area contributed by atoms with Gasteiger partial charge >= 0.3 is 0 Å². The quantitative estimate of drug-likeness (QED) is 0.697. The summed E-state index contributed by atoms with van der Waals surface area (Å²) < 4.78 is 31.7. The SMILES string of the molecule is Cc1nc(C)c(C(=O)Nc2cccc(S(=O)(=O)NCCN)c2)o1.Cl. The lowest BCUT2D eigenvalue weighted by Gasteiger charge is -2.08. The Morgan fingerprint density at radius 3 is 2.62 bits per heavy atom. The standard InChI is InChI=1S/C14H18N4O4S.ClH/c1-9-13(22-10(2)17-9)14(19)18-11-4-3-5-12(8-11)23(20,21)16-7-6-15;/h3-5,8,16H,6-7,15H2,1-2H3,(H,18,19);1H. The number of rotatable bonds is 6. The van der Waals surface area contributed by atoms with E-state index in [2.05, 4.69) is 15.0 Å². The van der Waals surface area contributed by atoms with Crippen molar-refractivity contribution in [1.29, 1.82) is 0 Å². The number of halogens is 1. The first-order valence-electron chi connectivity index (χ1n) is 6.88. The lowest BCUT2D eigenvalue weighted by molar-refractivity contribution is 0.0994. The number of aromatic nitrogens is 1. The second-order valence-electron chi connectivity index (χ2n) is 4.82. The highest BCUT2D eigenvalue weighted by Crippen LogP contribution is 2.17. The highest BCUT2D eigenvalue weighted by Gasteiger charge is 2.18. The molecule has 0 saturated heterocycles. The van der Waals surface area contributed by atoms with Crippen LogP contribution in [-0.2, 0) is 10.0 Å². The van der Waals surface area contributed by atoms with Crippen LogP contribution in [0.1, 0.15) is 22.1 Å². The molecule has 10 heteroatoms. The summed E-state index contributed by atoms with van der Waals surface area (Å²) in [6.45, 7) is 3.62. The average molecular weight is 375 g/mol. The van der Waals surface area contributed by atoms with Crippen molar-refractivity contribution in [3.05, 3.63) is 41.6 Å². The molecular formula is C14H19ClN4O4S. The molecule has 0 atom stereocenters. The molecule has 4 N–H and O–H groups in total. The number of benzene rings is 1. The Morgan fingerprint density at radius 1 is 1.33 bits per heavy atom. The van der Waals surface area contributed by atoms with Crippen LogP contribution in [0.25, 0.3) is 0 Å². The van der Waals surface area contributed by atoms with Crippen LogP contribution in [0.5, 0.6) is 0 Å². The lowest BCUT2D eigenvalue weighted by atomic mass is 10.3. The topological polar surface area (TPSA) is 127 Å². The highest BCUT2D eigenvalue weighted by atomic mass is 35.5. The molecule has 2 rings (SSSR count). The fourth-order valence-electron chi connectivity index (χ4n) is 1.95. The number of nitrogens with one attached hydrogen (secondary N) is 2. The summed E-state index contributed by atoms with van der Waals surface area (Å²) in [4.78, 5) is 16.2. The van der Waals surface area contributed by atoms with Crippen molar-refractivity contribution in [3.8, 4) is 0 Å². The largest absolute Gasteiger partial charge is 0.436 e. The van der Waals surface area contributed by atoms with Crippen LogP contribution in [0.2, 0.25) is 0 Å². The third kappa shape index (κ3) is 4.78. The first-order chi connectivity index (χ1) is 10.8. The Bertz CT molecular complexity index is 820. The molecule has 0 saturated carbocycles. The van der Waals surface area contributed by atoms with E-state index < -0.39 is 15.9 Å². The van der Waals surface area contributed by atoms with Crippen molar-refractivity contribution in [2.45, 2.75) is 18.7 Å². The van der Waals surface area contributed by atoms with Crippen molar-refractivity contribution < 1.29 is 17.6 Å². The van der Waals surface area contributed by atoms with Crippen LogP contribution in [0.4, 0.5) is 5.69 Å². The second kappa shape index (κ2) is 8.25. The van der Waals surface area contributed by atoms with Crippen LogP contribution < -0.4 is 15.8 Å². The maximum absolute atomic E-state index is 12.2. The number of hydrogen-bond donors (Lipinski definition) is 3. The molecule has 132 valence electrons. The third-order valence-corrected chi connectivity index (χ3v) is 4.41. The van der Waals surface area contributed by atoms with E-state index in [4.69, 9.17) is 10.2 Å². The van der Waals surface area contributed by atoms with Gasteiger partial charge in [-0.3, -0.25) is 4.79 Å². The molecule has 1 heterocycles. The Morgan fingerprint density at radius 2 is 2.04 bits per heavy atom. The van der Waals surface area contributed by atoms with Gasteiger partial charge in [0.25, 0.3) is 5.91 Å². The number of nitrogens with zero attached hydrogens (tertiary/aromatic N) is 1. The molecule has 0 aliphatic carbocycles. The Balaban J connectivity index is 0.00000288. The smallest absolute Gasteiger partial charge is 0.293 e. The van der Waals surface area contributed by atoms with Crippen LogP contribution in [0.15, 0.2) is 33.6 Å². The summed E-state index contributed by atoms with van der Waals surface area (Å²) in [5, 5.41) is 2.59. The van der Waals surface area contributed by atoms with Crippen LogP contribution in [0, 0.1) is 13.8 Å². The molecular weight excluding hydrogens is 356 g/mol. The summed E-state index contributed by atoms with van der Waals surface area (Å²) in [6, 6.07) is 5.90. The number of aryl methyl sites for hydroxylation is 2. The maximum Gasteiger partial charge on any atom is 0.293 e. The van der Waals surface area contributed by atoms with Crippen molar-refractivity contribution in [1.82, 2.24) is 9.71 Å². The van der Waals surface area contributed by atoms with Crippen LogP contribution in [-0.4, -0.2) is 32.4 Å². The number of sulfonamides is 1. The van der Waals surface area contributed by atoms with E-state index in [9.17, 15) is 13.2 Å². The molecule has 0 aliphatic rings. The fourth-order valence-corrected chi connectivity index (χ4v) is 3.04. The monoisotopic (exact) mass is 374 g/mol. The molecule has 24 heavy (non-hydrogen) atoms. The third-order valence-electron chi connectivity index (χ3n) is 2.95. The van der Waals surface area contributed by atoms with Crippen molar-refractivity contribution in [2.24, 2.45) is 5.73 Å². The number of carbonyl (C=O) groups is 1. The molecule has 1 amide bonds. The summed E-state index contributed by atoms with van der Waals surface area (Å²) in [5.41, 5.74) is 6.09. The van der Waals surface area contributed by atoms with E-state index in [-0.39, 0.29) is 36.2 Å². The van der Waals surface area contributed by atoms with Crippen molar-refractivity contribution in [3.63, 3.8) is 0 Å². The van der Waals surface area contributed by atoms with Crippen molar-refractivity contribution >= 4 is 34.0 Å². The Labute approximate surface area is 146 Å². The summed E-state index contributed by atoms with van der Waals surface area (Å²) in [6.07, 6.45) is 0. The van der Waals surface area contributed by atoms with E-state index in [1.165, 1.54) is 18.2 Å². The van der Waals surface area contributed by atoms with Crippen LogP contribution in [0.3, 0.4) is 0 Å². The fraction of sp³-hybridized carbons (Fsp3) is 0.286. The zero-order valence-electron chi connectivity index (χ0n) is 13.2. The number of hydrogen-bond acceptors (Lipinski definition) is 6. The Hall–Kier alpha value is -1.94. The number of nitrogens with two attached hydrogens (primary N) is 1. The molecule has 0 aliphatic heterocycles. The predicted molar refractivity (Wildman–Crippen MR) is 91.9 cm³/mol. The zero-order valence-corrected chi connectivity index (χ0v) is 14.8. The van der Waals surface area contributed by atoms with Gasteiger partial charge in [-0.05, 0) is 25.1 Å². The highest BCUT2D eigenvalue weighted by molar-refractivity contribution is 7.89. The number of carbonyl (C=O) groups excluding carboxylic acids is 1. The minimum absolute atomic E-state index is 0. The minimum Gasteiger partial charge on any atom is -0.436 e.